The highest BCUT2D eigenvalue weighted by Crippen LogP contribution is 2.37. The molecule has 0 aromatic rings. The van der Waals surface area contributed by atoms with E-state index in [0.29, 0.717) is 12.3 Å². The molecule has 10 heavy (non-hydrogen) atoms. The van der Waals surface area contributed by atoms with Gasteiger partial charge in [0.1, 0.15) is 5.78 Å². The molecule has 2 nitrogen and oxygen atoms in total. The van der Waals surface area contributed by atoms with Crippen LogP contribution in [0.2, 0.25) is 0 Å². The Morgan fingerprint density at radius 3 is 2.30 bits per heavy atom. The Hall–Kier alpha value is -0.0800. The zero-order chi connectivity index (χ0) is 6.32. The van der Waals surface area contributed by atoms with Gasteiger partial charge < -0.3 is 5.32 Å². The van der Waals surface area contributed by atoms with Gasteiger partial charge in [-0.25, -0.2) is 0 Å². The molecule has 58 valence electrons. The standard InChI is InChI=1S/C7H11NO.ClH/c9-6-4-7(8-5-6)2-1-3-7;/h8H,1-5H2;1H. The molecule has 0 aromatic carbocycles. The van der Waals surface area contributed by atoms with Crippen LogP contribution < -0.4 is 5.32 Å². The van der Waals surface area contributed by atoms with E-state index in [9.17, 15) is 4.79 Å². The van der Waals surface area contributed by atoms with Gasteiger partial charge in [0.25, 0.3) is 0 Å². The summed E-state index contributed by atoms with van der Waals surface area (Å²) in [5.41, 5.74) is 0.289. The van der Waals surface area contributed by atoms with Crippen molar-refractivity contribution in [1.29, 1.82) is 0 Å². The minimum absolute atomic E-state index is 0. The van der Waals surface area contributed by atoms with Crippen molar-refractivity contribution >= 4 is 18.2 Å². The molecule has 1 heterocycles. The van der Waals surface area contributed by atoms with Gasteiger partial charge in [0.2, 0.25) is 0 Å². The van der Waals surface area contributed by atoms with E-state index >= 15 is 0 Å². The summed E-state index contributed by atoms with van der Waals surface area (Å²) in [6.45, 7) is 0.625. The molecule has 1 saturated heterocycles. The van der Waals surface area contributed by atoms with E-state index < -0.39 is 0 Å². The van der Waals surface area contributed by atoms with Crippen molar-refractivity contribution in [2.24, 2.45) is 0 Å². The number of halogens is 1. The first kappa shape index (κ1) is 8.02. The zero-order valence-corrected chi connectivity index (χ0v) is 6.67. The lowest BCUT2D eigenvalue weighted by molar-refractivity contribution is -0.116. The van der Waals surface area contributed by atoms with Gasteiger partial charge in [0, 0.05) is 12.0 Å². The summed E-state index contributed by atoms with van der Waals surface area (Å²) < 4.78 is 0. The molecule has 0 bridgehead atoms. The van der Waals surface area contributed by atoms with Crippen molar-refractivity contribution < 1.29 is 4.79 Å². The van der Waals surface area contributed by atoms with Crippen LogP contribution >= 0.6 is 12.4 Å². The molecule has 1 N–H and O–H groups in total. The highest BCUT2D eigenvalue weighted by molar-refractivity contribution is 5.85. The molecule has 0 aromatic heterocycles. The third-order valence-corrected chi connectivity index (χ3v) is 2.51. The maximum atomic E-state index is 10.8. The smallest absolute Gasteiger partial charge is 0.148 e. The Labute approximate surface area is 66.8 Å². The lowest BCUT2D eigenvalue weighted by atomic mass is 9.76. The van der Waals surface area contributed by atoms with Crippen LogP contribution in [-0.4, -0.2) is 17.9 Å². The van der Waals surface area contributed by atoms with Crippen LogP contribution in [0.4, 0.5) is 0 Å². The van der Waals surface area contributed by atoms with Gasteiger partial charge in [-0.2, -0.15) is 0 Å². The molecule has 1 spiro atoms. The summed E-state index contributed by atoms with van der Waals surface area (Å²) in [6, 6.07) is 0. The van der Waals surface area contributed by atoms with Crippen LogP contribution in [0.1, 0.15) is 25.7 Å². The normalized spacial score (nSPS) is 27.8. The third kappa shape index (κ3) is 1.06. The molecular formula is C7H12ClNO. The Morgan fingerprint density at radius 2 is 2.10 bits per heavy atom. The van der Waals surface area contributed by atoms with Gasteiger partial charge in [0.15, 0.2) is 0 Å². The Kier molecular flexibility index (Phi) is 2.02. The molecule has 0 unspecified atom stereocenters. The minimum atomic E-state index is 0. The Morgan fingerprint density at radius 1 is 1.40 bits per heavy atom. The Balaban J connectivity index is 0.000000500. The minimum Gasteiger partial charge on any atom is -0.304 e. The molecule has 3 heteroatoms. The van der Waals surface area contributed by atoms with E-state index in [-0.39, 0.29) is 17.9 Å². The molecule has 1 aliphatic carbocycles. The van der Waals surface area contributed by atoms with Crippen LogP contribution in [0.25, 0.3) is 0 Å². The molecule has 2 rings (SSSR count). The average Bonchev–Trinajstić information content (AvgIpc) is 2.09. The predicted octanol–water partition coefficient (Wildman–Crippen LogP) is 0.893. The van der Waals surface area contributed by atoms with Crippen LogP contribution in [0.5, 0.6) is 0 Å². The van der Waals surface area contributed by atoms with E-state index in [1.807, 2.05) is 0 Å². The molecule has 1 saturated carbocycles. The number of ketones is 1. The van der Waals surface area contributed by atoms with Crippen LogP contribution in [0.3, 0.4) is 0 Å². The van der Waals surface area contributed by atoms with Crippen molar-refractivity contribution in [3.63, 3.8) is 0 Å². The van der Waals surface area contributed by atoms with Gasteiger partial charge in [0.05, 0.1) is 6.54 Å². The summed E-state index contributed by atoms with van der Waals surface area (Å²) >= 11 is 0. The second-order valence-electron chi connectivity index (χ2n) is 3.20. The first-order valence-electron chi connectivity index (χ1n) is 3.58. The molecule has 0 amide bonds. The first-order chi connectivity index (χ1) is 4.31. The molecule has 2 fully saturated rings. The van der Waals surface area contributed by atoms with Crippen LogP contribution in [0.15, 0.2) is 0 Å². The van der Waals surface area contributed by atoms with Crippen molar-refractivity contribution in [2.75, 3.05) is 6.54 Å². The predicted molar refractivity (Wildman–Crippen MR) is 41.5 cm³/mol. The van der Waals surface area contributed by atoms with Crippen molar-refractivity contribution in [2.45, 2.75) is 31.2 Å². The number of nitrogens with one attached hydrogen (secondary N) is 1. The first-order valence-corrected chi connectivity index (χ1v) is 3.58. The summed E-state index contributed by atoms with van der Waals surface area (Å²) in [4.78, 5) is 10.8. The number of Topliss-reactive ketones (excluding diaryl/α,β-unsaturated/α-hetero) is 1. The summed E-state index contributed by atoms with van der Waals surface area (Å²) in [5.74, 6) is 0.398. The molecule has 2 aliphatic rings. The van der Waals surface area contributed by atoms with Gasteiger partial charge in [-0.3, -0.25) is 4.79 Å². The monoisotopic (exact) mass is 161 g/mol. The average molecular weight is 162 g/mol. The quantitative estimate of drug-likeness (QED) is 0.572. The number of carbonyl (C=O) groups is 1. The fourth-order valence-electron chi connectivity index (χ4n) is 1.75. The highest BCUT2D eigenvalue weighted by Gasteiger charge is 2.42. The number of hydrogen-bond acceptors (Lipinski definition) is 2. The fourth-order valence-corrected chi connectivity index (χ4v) is 1.75. The zero-order valence-electron chi connectivity index (χ0n) is 5.85. The van der Waals surface area contributed by atoms with Crippen molar-refractivity contribution in [3.8, 4) is 0 Å². The summed E-state index contributed by atoms with van der Waals surface area (Å²) in [6.07, 6.45) is 4.55. The lowest BCUT2D eigenvalue weighted by Crippen LogP contribution is -2.45. The number of carbonyl (C=O) groups excluding carboxylic acids is 1. The summed E-state index contributed by atoms with van der Waals surface area (Å²) in [7, 11) is 0. The van der Waals surface area contributed by atoms with Crippen molar-refractivity contribution in [3.05, 3.63) is 0 Å². The fraction of sp³-hybridized carbons (Fsp3) is 0.857. The largest absolute Gasteiger partial charge is 0.304 e. The van der Waals surface area contributed by atoms with E-state index in [0.717, 1.165) is 6.42 Å². The molecule has 0 radical (unpaired) electrons. The van der Waals surface area contributed by atoms with E-state index in [1.165, 1.54) is 19.3 Å². The molecule has 1 aliphatic heterocycles. The third-order valence-electron chi connectivity index (χ3n) is 2.51. The van der Waals surface area contributed by atoms with Crippen LogP contribution in [-0.2, 0) is 4.79 Å². The Bertz CT molecular complexity index is 154. The maximum absolute atomic E-state index is 10.8. The van der Waals surface area contributed by atoms with E-state index in [1.54, 1.807) is 0 Å². The van der Waals surface area contributed by atoms with Crippen molar-refractivity contribution in [1.82, 2.24) is 5.32 Å². The second-order valence-corrected chi connectivity index (χ2v) is 3.20. The van der Waals surface area contributed by atoms with E-state index in [4.69, 9.17) is 0 Å². The van der Waals surface area contributed by atoms with Gasteiger partial charge in [-0.05, 0) is 19.3 Å². The number of hydrogen-bond donors (Lipinski definition) is 1. The van der Waals surface area contributed by atoms with Crippen LogP contribution in [0, 0.1) is 0 Å². The second kappa shape index (κ2) is 2.51. The van der Waals surface area contributed by atoms with Gasteiger partial charge >= 0.3 is 0 Å². The SMILES string of the molecule is Cl.O=C1CNC2(CCC2)C1. The molecular weight excluding hydrogens is 150 g/mol. The maximum Gasteiger partial charge on any atom is 0.148 e. The van der Waals surface area contributed by atoms with Gasteiger partial charge in [-0.15, -0.1) is 12.4 Å². The topological polar surface area (TPSA) is 29.1 Å². The highest BCUT2D eigenvalue weighted by atomic mass is 35.5. The number of rotatable bonds is 0. The lowest BCUT2D eigenvalue weighted by Gasteiger charge is -2.37. The summed E-state index contributed by atoms with van der Waals surface area (Å²) in [5, 5.41) is 3.27. The van der Waals surface area contributed by atoms with Gasteiger partial charge in [-0.1, -0.05) is 0 Å². The van der Waals surface area contributed by atoms with E-state index in [2.05, 4.69) is 5.32 Å². The molecule has 0 atom stereocenters.